The second-order valence-corrected chi connectivity index (χ2v) is 6.77. The van der Waals surface area contributed by atoms with Gasteiger partial charge in [0.2, 0.25) is 5.91 Å². The van der Waals surface area contributed by atoms with E-state index in [1.54, 1.807) is 13.1 Å². The number of carbonyl (C=O) groups is 1. The first-order chi connectivity index (χ1) is 14.3. The topological polar surface area (TPSA) is 86.2 Å². The monoisotopic (exact) mass is 418 g/mol. The van der Waals surface area contributed by atoms with Gasteiger partial charge in [-0.05, 0) is 24.3 Å². The number of hydrogen-bond acceptors (Lipinski definition) is 4. The summed E-state index contributed by atoms with van der Waals surface area (Å²) in [6.45, 7) is 0.0799. The van der Waals surface area contributed by atoms with Crippen LogP contribution in [0.1, 0.15) is 17.8 Å². The third-order valence-electron chi connectivity index (χ3n) is 4.86. The Morgan fingerprint density at radius 2 is 1.83 bits per heavy atom. The van der Waals surface area contributed by atoms with Crippen molar-refractivity contribution in [2.75, 3.05) is 0 Å². The quantitative estimate of drug-likeness (QED) is 0.538. The Labute approximate surface area is 167 Å². The summed E-state index contributed by atoms with van der Waals surface area (Å²) < 4.78 is 43.0. The number of rotatable bonds is 5. The number of aryl methyl sites for hydroxylation is 2. The molecule has 0 fully saturated rings. The number of aromatic nitrogens is 5. The molecular weight excluding hydrogens is 401 g/mol. The first-order valence-corrected chi connectivity index (χ1v) is 9.07. The lowest BCUT2D eigenvalue weighted by Crippen LogP contribution is -2.28. The average molecular weight is 418 g/mol. The molecule has 30 heavy (non-hydrogen) atoms. The number of imidazole rings is 1. The predicted octanol–water partition coefficient (Wildman–Crippen LogP) is 2.11. The summed E-state index contributed by atoms with van der Waals surface area (Å²) in [4.78, 5) is 24.6. The molecule has 8 nitrogen and oxygen atoms in total. The van der Waals surface area contributed by atoms with E-state index in [4.69, 9.17) is 0 Å². The first kappa shape index (κ1) is 19.7. The normalized spacial score (nSPS) is 12.0. The van der Waals surface area contributed by atoms with Crippen molar-refractivity contribution in [2.45, 2.75) is 25.7 Å². The number of benzene rings is 1. The number of nitrogens with one attached hydrogen (secondary N) is 1. The lowest BCUT2D eigenvalue weighted by Gasteiger charge is -2.08. The van der Waals surface area contributed by atoms with Gasteiger partial charge in [0.1, 0.15) is 0 Å². The predicted molar refractivity (Wildman–Crippen MR) is 102 cm³/mol. The molecule has 0 radical (unpaired) electrons. The summed E-state index contributed by atoms with van der Waals surface area (Å²) in [7, 11) is 1.66. The second-order valence-electron chi connectivity index (χ2n) is 6.77. The van der Waals surface area contributed by atoms with E-state index in [9.17, 15) is 22.8 Å². The molecule has 1 N–H and O–H groups in total. The van der Waals surface area contributed by atoms with E-state index in [0.717, 1.165) is 23.3 Å². The zero-order valence-electron chi connectivity index (χ0n) is 15.8. The molecule has 3 heterocycles. The van der Waals surface area contributed by atoms with Crippen LogP contribution in [0.15, 0.2) is 47.4 Å². The summed E-state index contributed by atoms with van der Waals surface area (Å²) in [5, 5.41) is 10.3. The number of nitrogens with zero attached hydrogens (tertiary/aromatic N) is 5. The van der Waals surface area contributed by atoms with Crippen LogP contribution < -0.4 is 11.0 Å². The standard InChI is InChI=1S/C19H17F3N6O2/c1-26-13-4-2-3-5-14(13)27(18(26)30)9-8-17(29)23-10-16-25-24-15-7-6-12(11-28(15)16)19(20,21)22/h2-7,11H,8-10H2,1H3,(H,23,29). The highest BCUT2D eigenvalue weighted by atomic mass is 19.4. The van der Waals surface area contributed by atoms with Gasteiger partial charge in [-0.1, -0.05) is 12.1 Å². The first-order valence-electron chi connectivity index (χ1n) is 9.07. The van der Waals surface area contributed by atoms with Gasteiger partial charge in [0, 0.05) is 26.2 Å². The number of pyridine rings is 1. The van der Waals surface area contributed by atoms with Gasteiger partial charge in [-0.25, -0.2) is 4.79 Å². The molecule has 3 aromatic heterocycles. The Morgan fingerprint density at radius 3 is 2.57 bits per heavy atom. The van der Waals surface area contributed by atoms with Crippen molar-refractivity contribution >= 4 is 22.6 Å². The van der Waals surface area contributed by atoms with Crippen LogP contribution in [-0.4, -0.2) is 29.6 Å². The van der Waals surface area contributed by atoms with Crippen LogP contribution in [0.3, 0.4) is 0 Å². The largest absolute Gasteiger partial charge is 0.417 e. The summed E-state index contributed by atoms with van der Waals surface area (Å²) in [6, 6.07) is 9.40. The van der Waals surface area contributed by atoms with Crippen LogP contribution in [-0.2, 0) is 31.1 Å². The average Bonchev–Trinajstić information content (AvgIpc) is 3.23. The fraction of sp³-hybridized carbons (Fsp3) is 0.263. The van der Waals surface area contributed by atoms with Crippen LogP contribution in [0.4, 0.5) is 13.2 Å². The summed E-state index contributed by atoms with van der Waals surface area (Å²) >= 11 is 0. The maximum absolute atomic E-state index is 12.9. The van der Waals surface area contributed by atoms with E-state index in [1.165, 1.54) is 19.6 Å². The molecule has 1 amide bonds. The maximum atomic E-state index is 12.9. The highest BCUT2D eigenvalue weighted by Crippen LogP contribution is 2.29. The summed E-state index contributed by atoms with van der Waals surface area (Å²) in [6.07, 6.45) is -3.57. The number of fused-ring (bicyclic) bond motifs is 2. The highest BCUT2D eigenvalue weighted by molar-refractivity contribution is 5.77. The second kappa shape index (κ2) is 7.32. The number of para-hydroxylation sites is 2. The molecule has 0 aliphatic rings. The molecule has 0 atom stereocenters. The minimum Gasteiger partial charge on any atom is -0.349 e. The Kier molecular flexibility index (Phi) is 4.80. The van der Waals surface area contributed by atoms with Crippen molar-refractivity contribution in [3.63, 3.8) is 0 Å². The molecule has 0 aliphatic heterocycles. The lowest BCUT2D eigenvalue weighted by atomic mass is 10.3. The van der Waals surface area contributed by atoms with Gasteiger partial charge in [0.15, 0.2) is 11.5 Å². The van der Waals surface area contributed by atoms with Crippen molar-refractivity contribution in [1.82, 2.24) is 29.0 Å². The van der Waals surface area contributed by atoms with Crippen molar-refractivity contribution in [3.05, 3.63) is 64.5 Å². The smallest absolute Gasteiger partial charge is 0.349 e. The van der Waals surface area contributed by atoms with E-state index in [2.05, 4.69) is 15.5 Å². The highest BCUT2D eigenvalue weighted by Gasteiger charge is 2.31. The number of amides is 1. The molecule has 0 aliphatic carbocycles. The maximum Gasteiger partial charge on any atom is 0.417 e. The Morgan fingerprint density at radius 1 is 1.10 bits per heavy atom. The molecule has 4 aromatic rings. The molecule has 4 rings (SSSR count). The molecule has 0 bridgehead atoms. The van der Waals surface area contributed by atoms with Gasteiger partial charge >= 0.3 is 11.9 Å². The third-order valence-corrected chi connectivity index (χ3v) is 4.86. The lowest BCUT2D eigenvalue weighted by molar-refractivity contribution is -0.137. The van der Waals surface area contributed by atoms with Crippen LogP contribution in [0.2, 0.25) is 0 Å². The summed E-state index contributed by atoms with van der Waals surface area (Å²) in [5.41, 5.74) is 0.665. The Balaban J connectivity index is 1.45. The minimum atomic E-state index is -4.50. The van der Waals surface area contributed by atoms with Crippen LogP contribution in [0.5, 0.6) is 0 Å². The number of carbonyl (C=O) groups excluding carboxylic acids is 1. The fourth-order valence-electron chi connectivity index (χ4n) is 3.29. The van der Waals surface area contributed by atoms with E-state index in [0.29, 0.717) is 0 Å². The van der Waals surface area contributed by atoms with Crippen LogP contribution in [0.25, 0.3) is 16.7 Å². The fourth-order valence-corrected chi connectivity index (χ4v) is 3.29. The zero-order valence-corrected chi connectivity index (χ0v) is 15.8. The molecule has 0 saturated heterocycles. The SMILES string of the molecule is Cn1c(=O)n(CCC(=O)NCc2nnc3ccc(C(F)(F)F)cn23)c2ccccc21. The molecule has 156 valence electrons. The van der Waals surface area contributed by atoms with Crippen molar-refractivity contribution in [2.24, 2.45) is 7.05 Å². The molecular formula is C19H17F3N6O2. The third kappa shape index (κ3) is 3.53. The van der Waals surface area contributed by atoms with Gasteiger partial charge in [-0.3, -0.25) is 18.3 Å². The van der Waals surface area contributed by atoms with E-state index in [-0.39, 0.29) is 42.6 Å². The Hall–Kier alpha value is -3.63. The van der Waals surface area contributed by atoms with Gasteiger partial charge in [-0.15, -0.1) is 10.2 Å². The van der Waals surface area contributed by atoms with Crippen molar-refractivity contribution in [1.29, 1.82) is 0 Å². The summed E-state index contributed by atoms with van der Waals surface area (Å²) in [5.74, 6) is -0.190. The van der Waals surface area contributed by atoms with Gasteiger partial charge in [0.25, 0.3) is 0 Å². The van der Waals surface area contributed by atoms with Gasteiger partial charge < -0.3 is 5.32 Å². The Bertz CT molecular complexity index is 1300. The molecule has 11 heteroatoms. The van der Waals surface area contributed by atoms with E-state index >= 15 is 0 Å². The van der Waals surface area contributed by atoms with Crippen LogP contribution >= 0.6 is 0 Å². The minimum absolute atomic E-state index is 0.0262. The van der Waals surface area contributed by atoms with E-state index in [1.807, 2.05) is 18.2 Å². The number of alkyl halides is 3. The molecule has 0 unspecified atom stereocenters. The number of halogens is 3. The van der Waals surface area contributed by atoms with Gasteiger partial charge in [-0.2, -0.15) is 13.2 Å². The zero-order chi connectivity index (χ0) is 21.5. The van der Waals surface area contributed by atoms with E-state index < -0.39 is 11.7 Å². The molecule has 0 saturated carbocycles. The van der Waals surface area contributed by atoms with Crippen LogP contribution in [0, 0.1) is 0 Å². The number of hydrogen-bond donors (Lipinski definition) is 1. The van der Waals surface area contributed by atoms with Gasteiger partial charge in [0.05, 0.1) is 23.1 Å². The molecule has 0 spiro atoms. The van der Waals surface area contributed by atoms with Crippen molar-refractivity contribution < 1.29 is 18.0 Å². The molecule has 1 aromatic carbocycles. The van der Waals surface area contributed by atoms with Crippen molar-refractivity contribution in [3.8, 4) is 0 Å².